The van der Waals surface area contributed by atoms with Crippen LogP contribution in [0.2, 0.25) is 0 Å². The summed E-state index contributed by atoms with van der Waals surface area (Å²) in [4.78, 5) is 25.2. The molecular weight excluding hydrogens is 304 g/mol. The molecule has 0 aromatic heterocycles. The van der Waals surface area contributed by atoms with Gasteiger partial charge in [-0.1, -0.05) is 12.1 Å². The smallest absolute Gasteiger partial charge is 0.407 e. The van der Waals surface area contributed by atoms with Gasteiger partial charge in [0.2, 0.25) is 5.91 Å². The molecule has 1 atom stereocenters. The lowest BCUT2D eigenvalue weighted by molar-refractivity contribution is -0.117. The first-order valence-corrected chi connectivity index (χ1v) is 7.68. The van der Waals surface area contributed by atoms with Gasteiger partial charge in [-0.2, -0.15) is 0 Å². The van der Waals surface area contributed by atoms with E-state index in [0.29, 0.717) is 19.5 Å². The fraction of sp³-hybridized carbons (Fsp3) is 0.500. The summed E-state index contributed by atoms with van der Waals surface area (Å²) in [5.41, 5.74) is 1.18. The van der Waals surface area contributed by atoms with Crippen LogP contribution in [0.4, 0.5) is 10.5 Å². The summed E-state index contributed by atoms with van der Waals surface area (Å²) in [6.07, 6.45) is -0.0990. The average molecular weight is 325 g/mol. The third kappa shape index (κ3) is 4.63. The molecular formula is C16H21ClN2O3. The third-order valence-corrected chi connectivity index (χ3v) is 3.43. The van der Waals surface area contributed by atoms with Crippen LogP contribution >= 0.6 is 11.6 Å². The number of amides is 2. The predicted octanol–water partition coefficient (Wildman–Crippen LogP) is 3.06. The number of carbonyl (C=O) groups excluding carboxylic acids is 2. The first-order valence-electron chi connectivity index (χ1n) is 7.25. The molecule has 1 N–H and O–H groups in total. The van der Waals surface area contributed by atoms with Gasteiger partial charge in [-0.3, -0.25) is 4.79 Å². The van der Waals surface area contributed by atoms with E-state index < -0.39 is 11.7 Å². The van der Waals surface area contributed by atoms with Crippen LogP contribution in [0.5, 0.6) is 0 Å². The molecule has 1 saturated heterocycles. The van der Waals surface area contributed by atoms with Crippen molar-refractivity contribution >= 4 is 29.3 Å². The van der Waals surface area contributed by atoms with Crippen molar-refractivity contribution in [1.82, 2.24) is 5.32 Å². The molecule has 1 heterocycles. The lowest BCUT2D eigenvalue weighted by Gasteiger charge is -2.20. The zero-order valence-corrected chi connectivity index (χ0v) is 13.8. The Hall–Kier alpha value is -1.75. The molecule has 0 saturated carbocycles. The van der Waals surface area contributed by atoms with E-state index in [0.717, 1.165) is 11.3 Å². The molecule has 2 amide bonds. The Morgan fingerprint density at radius 3 is 2.77 bits per heavy atom. The number of alkyl halides is 1. The second kappa shape index (κ2) is 6.57. The minimum absolute atomic E-state index is 0.0252. The van der Waals surface area contributed by atoms with Gasteiger partial charge in [0.25, 0.3) is 0 Å². The molecule has 0 radical (unpaired) electrons. The Kier molecular flexibility index (Phi) is 4.96. The highest BCUT2D eigenvalue weighted by Gasteiger charge is 2.29. The predicted molar refractivity (Wildman–Crippen MR) is 86.1 cm³/mol. The number of alkyl carbamates (subject to hydrolysis) is 1. The number of carbonyl (C=O) groups is 2. The maximum absolute atomic E-state index is 11.9. The van der Waals surface area contributed by atoms with Crippen LogP contribution < -0.4 is 10.2 Å². The van der Waals surface area contributed by atoms with Crippen LogP contribution in [0.25, 0.3) is 0 Å². The van der Waals surface area contributed by atoms with E-state index in [4.69, 9.17) is 16.3 Å². The number of ether oxygens (including phenoxy) is 1. The zero-order valence-electron chi connectivity index (χ0n) is 13.1. The summed E-state index contributed by atoms with van der Waals surface area (Å²) >= 11 is 6.02. The van der Waals surface area contributed by atoms with E-state index in [-0.39, 0.29) is 11.3 Å². The Bertz CT molecular complexity index is 569. The molecule has 0 aliphatic carbocycles. The maximum Gasteiger partial charge on any atom is 0.407 e. The van der Waals surface area contributed by atoms with Crippen LogP contribution in [0.1, 0.15) is 32.8 Å². The summed E-state index contributed by atoms with van der Waals surface area (Å²) in [6.45, 7) is 6.30. The Morgan fingerprint density at radius 1 is 1.45 bits per heavy atom. The van der Waals surface area contributed by atoms with Gasteiger partial charge >= 0.3 is 6.09 Å². The highest BCUT2D eigenvalue weighted by Crippen LogP contribution is 2.25. The first kappa shape index (κ1) is 16.6. The molecule has 1 fully saturated rings. The van der Waals surface area contributed by atoms with E-state index in [2.05, 4.69) is 5.32 Å². The first-order chi connectivity index (χ1) is 10.2. The third-order valence-electron chi connectivity index (χ3n) is 3.14. The highest BCUT2D eigenvalue weighted by molar-refractivity contribution is 6.24. The van der Waals surface area contributed by atoms with Crippen molar-refractivity contribution in [3.05, 3.63) is 29.8 Å². The van der Waals surface area contributed by atoms with Crippen LogP contribution in [0.3, 0.4) is 0 Å². The second-order valence-corrected chi connectivity index (χ2v) is 6.95. The maximum atomic E-state index is 11.9. The largest absolute Gasteiger partial charge is 0.444 e. The van der Waals surface area contributed by atoms with Gasteiger partial charge < -0.3 is 15.0 Å². The molecule has 5 nitrogen and oxygen atoms in total. The number of rotatable bonds is 3. The van der Waals surface area contributed by atoms with Crippen LogP contribution in [-0.2, 0) is 16.1 Å². The van der Waals surface area contributed by atoms with Crippen molar-refractivity contribution in [2.75, 3.05) is 11.4 Å². The Balaban J connectivity index is 1.97. The van der Waals surface area contributed by atoms with Gasteiger partial charge in [-0.15, -0.1) is 11.6 Å². The molecule has 1 aromatic carbocycles. The minimum Gasteiger partial charge on any atom is -0.444 e. The Morgan fingerprint density at radius 2 is 2.18 bits per heavy atom. The lowest BCUT2D eigenvalue weighted by atomic mass is 10.2. The highest BCUT2D eigenvalue weighted by atomic mass is 35.5. The fourth-order valence-electron chi connectivity index (χ4n) is 2.24. The van der Waals surface area contributed by atoms with Crippen molar-refractivity contribution < 1.29 is 14.3 Å². The summed E-state index contributed by atoms with van der Waals surface area (Å²) in [7, 11) is 0. The van der Waals surface area contributed by atoms with E-state index >= 15 is 0 Å². The van der Waals surface area contributed by atoms with Crippen molar-refractivity contribution in [3.8, 4) is 0 Å². The summed E-state index contributed by atoms with van der Waals surface area (Å²) in [5, 5.41) is 2.56. The number of nitrogens with one attached hydrogen (secondary N) is 1. The molecule has 1 unspecified atom stereocenters. The summed E-state index contributed by atoms with van der Waals surface area (Å²) in [5.74, 6) is 0.0252. The SMILES string of the molecule is CC(C)(C)OC(=O)NCc1cccc(N2CC(Cl)CC2=O)c1. The van der Waals surface area contributed by atoms with Crippen molar-refractivity contribution in [2.24, 2.45) is 0 Å². The van der Waals surface area contributed by atoms with E-state index in [1.165, 1.54) is 0 Å². The number of hydrogen-bond donors (Lipinski definition) is 1. The zero-order chi connectivity index (χ0) is 16.3. The molecule has 22 heavy (non-hydrogen) atoms. The number of benzene rings is 1. The molecule has 6 heteroatoms. The van der Waals surface area contributed by atoms with E-state index in [1.807, 2.05) is 45.0 Å². The van der Waals surface area contributed by atoms with Crippen molar-refractivity contribution in [1.29, 1.82) is 0 Å². The molecule has 0 bridgehead atoms. The van der Waals surface area contributed by atoms with Gasteiger partial charge in [0.1, 0.15) is 5.60 Å². The molecule has 1 aliphatic rings. The topological polar surface area (TPSA) is 58.6 Å². The normalized spacial score (nSPS) is 18.5. The molecule has 0 spiro atoms. The lowest BCUT2D eigenvalue weighted by Crippen LogP contribution is -2.32. The van der Waals surface area contributed by atoms with Gasteiger partial charge in [-0.05, 0) is 38.5 Å². The van der Waals surface area contributed by atoms with Gasteiger partial charge in [0.05, 0.1) is 5.38 Å². The van der Waals surface area contributed by atoms with Crippen molar-refractivity contribution in [2.45, 2.75) is 44.7 Å². The molecule has 1 aromatic rings. The van der Waals surface area contributed by atoms with Gasteiger partial charge in [0, 0.05) is 25.2 Å². The quantitative estimate of drug-likeness (QED) is 0.869. The van der Waals surface area contributed by atoms with E-state index in [1.54, 1.807) is 4.90 Å². The summed E-state index contributed by atoms with van der Waals surface area (Å²) < 4.78 is 5.19. The molecule has 2 rings (SSSR count). The second-order valence-electron chi connectivity index (χ2n) is 6.33. The number of anilines is 1. The molecule has 120 valence electrons. The standard InChI is InChI=1S/C16H21ClN2O3/c1-16(2,3)22-15(21)18-9-11-5-4-6-13(7-11)19-10-12(17)8-14(19)20/h4-7,12H,8-10H2,1-3H3,(H,18,21). The summed E-state index contributed by atoms with van der Waals surface area (Å²) in [6, 6.07) is 7.49. The number of halogens is 1. The van der Waals surface area contributed by atoms with Crippen LogP contribution in [0, 0.1) is 0 Å². The average Bonchev–Trinajstić information content (AvgIpc) is 2.74. The fourth-order valence-corrected chi connectivity index (χ4v) is 2.51. The molecule has 1 aliphatic heterocycles. The van der Waals surface area contributed by atoms with Crippen molar-refractivity contribution in [3.63, 3.8) is 0 Å². The number of nitrogens with zero attached hydrogens (tertiary/aromatic N) is 1. The van der Waals surface area contributed by atoms with E-state index in [9.17, 15) is 9.59 Å². The monoisotopic (exact) mass is 324 g/mol. The van der Waals surface area contributed by atoms with Crippen LogP contribution in [-0.4, -0.2) is 29.5 Å². The minimum atomic E-state index is -0.525. The van der Waals surface area contributed by atoms with Gasteiger partial charge in [0.15, 0.2) is 0 Å². The van der Waals surface area contributed by atoms with Gasteiger partial charge in [-0.25, -0.2) is 4.79 Å². The van der Waals surface area contributed by atoms with Crippen LogP contribution in [0.15, 0.2) is 24.3 Å². The Labute approximate surface area is 135 Å². The number of hydrogen-bond acceptors (Lipinski definition) is 3.